The number of Topliss-reactive ketones (excluding diaryl/α,β-unsaturated/α-hetero) is 1. The second-order valence-electron chi connectivity index (χ2n) is 7.76. The molecule has 1 aromatic heterocycles. The van der Waals surface area contributed by atoms with Crippen molar-refractivity contribution in [3.8, 4) is 0 Å². The molecule has 0 saturated carbocycles. The number of nitrogens with one attached hydrogen (secondary N) is 3. The standard InChI is InChI=1S/C20H28N4O.2ClH/c1-13(2)24-8-6-17(12-24)22-16-3-4-18-15(9-16)10-19(23-18)20(25)14-5-7-21-11-14;;/h3-4,9-10,13-14,17,21-23H,5-8,11-12H2,1-2H3;2*1H. The van der Waals surface area contributed by atoms with Crippen LogP contribution in [0.25, 0.3) is 10.9 Å². The molecule has 2 saturated heterocycles. The summed E-state index contributed by atoms with van der Waals surface area (Å²) in [6.45, 7) is 8.52. The summed E-state index contributed by atoms with van der Waals surface area (Å²) >= 11 is 0. The quantitative estimate of drug-likeness (QED) is 0.655. The number of rotatable bonds is 5. The molecule has 1 aromatic carbocycles. The zero-order valence-electron chi connectivity index (χ0n) is 16.0. The normalized spacial score (nSPS) is 22.6. The number of anilines is 1. The predicted octanol–water partition coefficient (Wildman–Crippen LogP) is 3.70. The van der Waals surface area contributed by atoms with Crippen molar-refractivity contribution in [1.29, 1.82) is 0 Å². The fourth-order valence-corrected chi connectivity index (χ4v) is 4.06. The lowest BCUT2D eigenvalue weighted by molar-refractivity contribution is 0.0926. The number of hydrogen-bond donors (Lipinski definition) is 3. The van der Waals surface area contributed by atoms with Gasteiger partial charge in [0.25, 0.3) is 0 Å². The van der Waals surface area contributed by atoms with E-state index in [4.69, 9.17) is 0 Å². The summed E-state index contributed by atoms with van der Waals surface area (Å²) in [5, 5.41) is 8.04. The Morgan fingerprint density at radius 3 is 2.70 bits per heavy atom. The van der Waals surface area contributed by atoms with Crippen LogP contribution in [-0.2, 0) is 0 Å². The second-order valence-corrected chi connectivity index (χ2v) is 7.76. The maximum Gasteiger partial charge on any atom is 0.183 e. The molecule has 0 bridgehead atoms. The third-order valence-electron chi connectivity index (χ3n) is 5.64. The summed E-state index contributed by atoms with van der Waals surface area (Å²) < 4.78 is 0. The van der Waals surface area contributed by atoms with Gasteiger partial charge >= 0.3 is 0 Å². The van der Waals surface area contributed by atoms with Crippen LogP contribution in [0.15, 0.2) is 24.3 Å². The molecule has 3 N–H and O–H groups in total. The molecule has 7 heteroatoms. The number of aromatic amines is 1. The molecule has 2 aliphatic rings. The van der Waals surface area contributed by atoms with Crippen molar-refractivity contribution in [3.63, 3.8) is 0 Å². The number of likely N-dealkylation sites (tertiary alicyclic amines) is 1. The van der Waals surface area contributed by atoms with Gasteiger partial charge in [-0.1, -0.05) is 0 Å². The van der Waals surface area contributed by atoms with Crippen molar-refractivity contribution < 1.29 is 4.79 Å². The average Bonchev–Trinajstić information content (AvgIpc) is 3.34. The van der Waals surface area contributed by atoms with E-state index in [9.17, 15) is 4.79 Å². The van der Waals surface area contributed by atoms with Crippen molar-refractivity contribution in [3.05, 3.63) is 30.0 Å². The number of carbonyl (C=O) groups excluding carboxylic acids is 1. The molecule has 5 nitrogen and oxygen atoms in total. The summed E-state index contributed by atoms with van der Waals surface area (Å²) in [5.74, 6) is 0.352. The molecule has 2 aromatic rings. The molecule has 4 rings (SSSR count). The molecular formula is C20H30Cl2N4O. The lowest BCUT2D eigenvalue weighted by Crippen LogP contribution is -2.31. The number of halogens is 2. The van der Waals surface area contributed by atoms with Crippen LogP contribution in [0.4, 0.5) is 5.69 Å². The van der Waals surface area contributed by atoms with E-state index in [1.807, 2.05) is 6.07 Å². The summed E-state index contributed by atoms with van der Waals surface area (Å²) in [5.41, 5.74) is 2.92. The summed E-state index contributed by atoms with van der Waals surface area (Å²) in [6, 6.07) is 9.48. The van der Waals surface area contributed by atoms with E-state index in [-0.39, 0.29) is 36.5 Å². The van der Waals surface area contributed by atoms with Gasteiger partial charge in [-0.25, -0.2) is 0 Å². The lowest BCUT2D eigenvalue weighted by atomic mass is 10.0. The Labute approximate surface area is 173 Å². The van der Waals surface area contributed by atoms with E-state index in [0.29, 0.717) is 12.1 Å². The minimum Gasteiger partial charge on any atom is -0.381 e. The molecule has 3 heterocycles. The summed E-state index contributed by atoms with van der Waals surface area (Å²) in [4.78, 5) is 18.4. The Morgan fingerprint density at radius 2 is 2.04 bits per heavy atom. The zero-order valence-corrected chi connectivity index (χ0v) is 17.6. The van der Waals surface area contributed by atoms with Crippen LogP contribution < -0.4 is 10.6 Å². The van der Waals surface area contributed by atoms with Crippen LogP contribution in [0.3, 0.4) is 0 Å². The first-order chi connectivity index (χ1) is 12.1. The Bertz CT molecular complexity index is 770. The van der Waals surface area contributed by atoms with Crippen LogP contribution in [-0.4, -0.2) is 53.9 Å². The number of benzene rings is 1. The first-order valence-corrected chi connectivity index (χ1v) is 9.48. The number of H-pyrrole nitrogens is 1. The molecule has 0 aliphatic carbocycles. The van der Waals surface area contributed by atoms with Gasteiger partial charge in [0.15, 0.2) is 5.78 Å². The number of carbonyl (C=O) groups is 1. The highest BCUT2D eigenvalue weighted by molar-refractivity contribution is 6.01. The number of nitrogens with zero attached hydrogens (tertiary/aromatic N) is 1. The first-order valence-electron chi connectivity index (χ1n) is 9.48. The van der Waals surface area contributed by atoms with E-state index >= 15 is 0 Å². The highest BCUT2D eigenvalue weighted by atomic mass is 35.5. The zero-order chi connectivity index (χ0) is 17.4. The van der Waals surface area contributed by atoms with E-state index < -0.39 is 0 Å². The highest BCUT2D eigenvalue weighted by Crippen LogP contribution is 2.25. The number of ketones is 1. The summed E-state index contributed by atoms with van der Waals surface area (Å²) in [6.07, 6.45) is 2.12. The maximum atomic E-state index is 12.6. The molecule has 0 radical (unpaired) electrons. The van der Waals surface area contributed by atoms with Gasteiger partial charge in [-0.2, -0.15) is 0 Å². The molecule has 2 unspecified atom stereocenters. The van der Waals surface area contributed by atoms with Crippen molar-refractivity contribution in [2.24, 2.45) is 5.92 Å². The Balaban J connectivity index is 0.00000131. The molecular weight excluding hydrogens is 383 g/mol. The number of aromatic nitrogens is 1. The molecule has 0 amide bonds. The van der Waals surface area contributed by atoms with Crippen molar-refractivity contribution >= 4 is 47.2 Å². The number of fused-ring (bicyclic) bond motifs is 1. The van der Waals surface area contributed by atoms with Crippen molar-refractivity contribution in [2.75, 3.05) is 31.5 Å². The number of hydrogen-bond acceptors (Lipinski definition) is 4. The molecule has 150 valence electrons. The third kappa shape index (κ3) is 4.77. The second kappa shape index (κ2) is 9.28. The van der Waals surface area contributed by atoms with Gasteiger partial charge in [0.2, 0.25) is 0 Å². The Kier molecular flexibility index (Phi) is 7.57. The molecule has 2 fully saturated rings. The van der Waals surface area contributed by atoms with Gasteiger partial charge in [0.1, 0.15) is 0 Å². The monoisotopic (exact) mass is 412 g/mol. The molecule has 2 atom stereocenters. The van der Waals surface area contributed by atoms with Gasteiger partial charge in [-0.05, 0) is 57.5 Å². The average molecular weight is 413 g/mol. The third-order valence-corrected chi connectivity index (χ3v) is 5.64. The van der Waals surface area contributed by atoms with Gasteiger partial charge < -0.3 is 15.6 Å². The molecule has 27 heavy (non-hydrogen) atoms. The minimum atomic E-state index is 0. The van der Waals surface area contributed by atoms with E-state index in [1.54, 1.807) is 0 Å². The smallest absolute Gasteiger partial charge is 0.183 e. The predicted molar refractivity (Wildman–Crippen MR) is 117 cm³/mol. The maximum absolute atomic E-state index is 12.6. The van der Waals surface area contributed by atoms with E-state index in [2.05, 4.69) is 52.6 Å². The van der Waals surface area contributed by atoms with Crippen LogP contribution in [0, 0.1) is 5.92 Å². The van der Waals surface area contributed by atoms with Crippen LogP contribution in [0.2, 0.25) is 0 Å². The highest BCUT2D eigenvalue weighted by Gasteiger charge is 2.25. The SMILES string of the molecule is CC(C)N1CCC(Nc2ccc3[nH]c(C(=O)C4CCNC4)cc3c2)C1.Cl.Cl. The van der Waals surface area contributed by atoms with Crippen molar-refractivity contribution in [2.45, 2.75) is 38.8 Å². The molecule has 2 aliphatic heterocycles. The van der Waals surface area contributed by atoms with Gasteiger partial charge in [-0.15, -0.1) is 24.8 Å². The topological polar surface area (TPSA) is 60.2 Å². The van der Waals surface area contributed by atoms with Crippen molar-refractivity contribution in [1.82, 2.24) is 15.2 Å². The fraction of sp³-hybridized carbons (Fsp3) is 0.550. The Morgan fingerprint density at radius 1 is 1.22 bits per heavy atom. The first kappa shape index (κ1) is 22.0. The van der Waals surface area contributed by atoms with Crippen LogP contribution >= 0.6 is 24.8 Å². The van der Waals surface area contributed by atoms with Gasteiger partial charge in [0.05, 0.1) is 5.69 Å². The van der Waals surface area contributed by atoms with E-state index in [1.165, 1.54) is 6.42 Å². The largest absolute Gasteiger partial charge is 0.381 e. The molecule has 0 spiro atoms. The minimum absolute atomic E-state index is 0. The van der Waals surface area contributed by atoms with Crippen LogP contribution in [0.5, 0.6) is 0 Å². The van der Waals surface area contributed by atoms with Gasteiger partial charge in [0, 0.05) is 54.2 Å². The lowest BCUT2D eigenvalue weighted by Gasteiger charge is -2.20. The van der Waals surface area contributed by atoms with Crippen LogP contribution in [0.1, 0.15) is 37.2 Å². The van der Waals surface area contributed by atoms with Gasteiger partial charge in [-0.3, -0.25) is 9.69 Å². The summed E-state index contributed by atoms with van der Waals surface area (Å²) in [7, 11) is 0. The fourth-order valence-electron chi connectivity index (χ4n) is 4.06. The van der Waals surface area contributed by atoms with E-state index in [0.717, 1.165) is 54.9 Å². The Hall–Kier alpha value is -1.27.